The van der Waals surface area contributed by atoms with E-state index in [1.54, 1.807) is 12.4 Å². The van der Waals surface area contributed by atoms with Crippen LogP contribution in [0.3, 0.4) is 0 Å². The molecule has 0 bridgehead atoms. The van der Waals surface area contributed by atoms with Gasteiger partial charge in [-0.05, 0) is 43.5 Å². The fourth-order valence-corrected chi connectivity index (χ4v) is 1.85. The summed E-state index contributed by atoms with van der Waals surface area (Å²) < 4.78 is 5.91. The van der Waals surface area contributed by atoms with Crippen LogP contribution in [-0.2, 0) is 0 Å². The van der Waals surface area contributed by atoms with Gasteiger partial charge in [-0.15, -0.1) is 0 Å². The van der Waals surface area contributed by atoms with Crippen molar-refractivity contribution in [2.75, 3.05) is 12.4 Å². The van der Waals surface area contributed by atoms with Crippen LogP contribution in [0.15, 0.2) is 30.6 Å². The van der Waals surface area contributed by atoms with Crippen LogP contribution < -0.4 is 10.1 Å². The third-order valence-corrected chi connectivity index (χ3v) is 2.99. The lowest BCUT2D eigenvalue weighted by Crippen LogP contribution is -1.94. The van der Waals surface area contributed by atoms with E-state index in [1.165, 1.54) is 11.1 Å². The van der Waals surface area contributed by atoms with E-state index in [-0.39, 0.29) is 0 Å². The first-order valence-corrected chi connectivity index (χ1v) is 5.98. The lowest BCUT2D eigenvalue weighted by atomic mass is 10.1. The molecule has 94 valence electrons. The van der Waals surface area contributed by atoms with E-state index in [4.69, 9.17) is 4.74 Å². The van der Waals surface area contributed by atoms with Gasteiger partial charge in [0.25, 0.3) is 0 Å². The highest BCUT2D eigenvalue weighted by atomic mass is 16.5. The molecule has 3 heteroatoms. The van der Waals surface area contributed by atoms with Crippen LogP contribution in [0, 0.1) is 20.8 Å². The molecular formula is C15H18N2O. The molecule has 1 N–H and O–H groups in total. The number of aromatic nitrogens is 1. The second kappa shape index (κ2) is 5.08. The number of ether oxygens (including phenoxy) is 1. The summed E-state index contributed by atoms with van der Waals surface area (Å²) in [4.78, 5) is 4.14. The Balaban J connectivity index is 2.33. The highest BCUT2D eigenvalue weighted by Crippen LogP contribution is 2.29. The second-order valence-electron chi connectivity index (χ2n) is 4.47. The number of hydrogen-bond donors (Lipinski definition) is 1. The van der Waals surface area contributed by atoms with Crippen molar-refractivity contribution in [3.8, 4) is 11.5 Å². The molecule has 2 aromatic rings. The van der Waals surface area contributed by atoms with E-state index < -0.39 is 0 Å². The normalized spacial score (nSPS) is 10.2. The number of hydrogen-bond acceptors (Lipinski definition) is 3. The van der Waals surface area contributed by atoms with Crippen molar-refractivity contribution in [2.24, 2.45) is 0 Å². The van der Waals surface area contributed by atoms with E-state index in [2.05, 4.69) is 37.1 Å². The number of benzene rings is 1. The molecule has 0 aliphatic heterocycles. The van der Waals surface area contributed by atoms with Crippen molar-refractivity contribution in [2.45, 2.75) is 20.8 Å². The summed E-state index contributed by atoms with van der Waals surface area (Å²) in [6, 6.07) is 6.14. The molecule has 3 nitrogen and oxygen atoms in total. The van der Waals surface area contributed by atoms with Gasteiger partial charge in [-0.1, -0.05) is 6.07 Å². The smallest absolute Gasteiger partial charge is 0.147 e. The van der Waals surface area contributed by atoms with Gasteiger partial charge in [0, 0.05) is 13.1 Å². The van der Waals surface area contributed by atoms with Crippen molar-refractivity contribution in [1.82, 2.24) is 4.98 Å². The maximum Gasteiger partial charge on any atom is 0.147 e. The Morgan fingerprint density at radius 3 is 2.56 bits per heavy atom. The average Bonchev–Trinajstić information content (AvgIpc) is 2.35. The van der Waals surface area contributed by atoms with E-state index in [9.17, 15) is 0 Å². The molecule has 0 spiro atoms. The maximum absolute atomic E-state index is 5.91. The molecule has 0 radical (unpaired) electrons. The maximum atomic E-state index is 5.91. The largest absolute Gasteiger partial charge is 0.455 e. The van der Waals surface area contributed by atoms with Gasteiger partial charge < -0.3 is 10.1 Å². The lowest BCUT2D eigenvalue weighted by molar-refractivity contribution is 0.476. The molecule has 2 rings (SSSR count). The minimum atomic E-state index is 0.745. The summed E-state index contributed by atoms with van der Waals surface area (Å²) in [6.45, 7) is 6.23. The minimum Gasteiger partial charge on any atom is -0.455 e. The summed E-state index contributed by atoms with van der Waals surface area (Å²) in [7, 11) is 1.86. The van der Waals surface area contributed by atoms with E-state index >= 15 is 0 Å². The molecule has 0 saturated carbocycles. The number of pyridine rings is 1. The van der Waals surface area contributed by atoms with Crippen LogP contribution in [0.1, 0.15) is 16.7 Å². The van der Waals surface area contributed by atoms with Crippen molar-refractivity contribution in [3.05, 3.63) is 47.3 Å². The van der Waals surface area contributed by atoms with E-state index in [0.29, 0.717) is 0 Å². The van der Waals surface area contributed by atoms with Crippen molar-refractivity contribution >= 4 is 5.69 Å². The zero-order valence-electron chi connectivity index (χ0n) is 11.2. The number of rotatable bonds is 3. The molecule has 0 fully saturated rings. The van der Waals surface area contributed by atoms with Crippen molar-refractivity contribution < 1.29 is 4.74 Å². The lowest BCUT2D eigenvalue weighted by Gasteiger charge is -2.12. The molecular weight excluding hydrogens is 224 g/mol. The molecule has 1 heterocycles. The zero-order chi connectivity index (χ0) is 13.1. The third-order valence-electron chi connectivity index (χ3n) is 2.99. The fourth-order valence-electron chi connectivity index (χ4n) is 1.85. The molecule has 0 amide bonds. The Hall–Kier alpha value is -2.03. The first-order chi connectivity index (χ1) is 8.60. The summed E-state index contributed by atoms with van der Waals surface area (Å²) in [5.74, 6) is 1.64. The molecule has 0 aliphatic rings. The van der Waals surface area contributed by atoms with E-state index in [0.717, 1.165) is 22.7 Å². The van der Waals surface area contributed by atoms with Gasteiger partial charge in [0.2, 0.25) is 0 Å². The van der Waals surface area contributed by atoms with Crippen molar-refractivity contribution in [3.63, 3.8) is 0 Å². The van der Waals surface area contributed by atoms with Gasteiger partial charge in [-0.25, -0.2) is 0 Å². The van der Waals surface area contributed by atoms with Crippen LogP contribution in [-0.4, -0.2) is 12.0 Å². The predicted molar refractivity (Wildman–Crippen MR) is 74.5 cm³/mol. The Morgan fingerprint density at radius 1 is 1.06 bits per heavy atom. The summed E-state index contributed by atoms with van der Waals surface area (Å²) in [6.07, 6.45) is 3.49. The Labute approximate surface area is 108 Å². The van der Waals surface area contributed by atoms with Gasteiger partial charge in [0.05, 0.1) is 18.1 Å². The Kier molecular flexibility index (Phi) is 3.51. The summed E-state index contributed by atoms with van der Waals surface area (Å²) in [5.41, 5.74) is 4.54. The number of nitrogens with one attached hydrogen (secondary N) is 1. The minimum absolute atomic E-state index is 0.745. The first kappa shape index (κ1) is 12.4. The zero-order valence-corrected chi connectivity index (χ0v) is 11.2. The van der Waals surface area contributed by atoms with Gasteiger partial charge in [-0.3, -0.25) is 4.98 Å². The van der Waals surface area contributed by atoms with Gasteiger partial charge in [0.15, 0.2) is 0 Å². The van der Waals surface area contributed by atoms with Crippen LogP contribution in [0.4, 0.5) is 5.69 Å². The topological polar surface area (TPSA) is 34.2 Å². The summed E-state index contributed by atoms with van der Waals surface area (Å²) >= 11 is 0. The highest BCUT2D eigenvalue weighted by molar-refractivity contribution is 5.48. The standard InChI is InChI=1S/C15H18N2O/c1-10-5-11(2)12(3)15(6-10)18-14-7-13(16-4)8-17-9-14/h5-9,16H,1-4H3. The van der Waals surface area contributed by atoms with Crippen LogP contribution in [0.2, 0.25) is 0 Å². The number of anilines is 1. The van der Waals surface area contributed by atoms with Crippen LogP contribution in [0.25, 0.3) is 0 Å². The molecule has 0 aliphatic carbocycles. The number of nitrogens with zero attached hydrogens (tertiary/aromatic N) is 1. The van der Waals surface area contributed by atoms with Gasteiger partial charge >= 0.3 is 0 Å². The SMILES string of the molecule is CNc1cncc(Oc2cc(C)cc(C)c2C)c1. The second-order valence-corrected chi connectivity index (χ2v) is 4.47. The third kappa shape index (κ3) is 2.62. The predicted octanol–water partition coefficient (Wildman–Crippen LogP) is 3.84. The molecule has 1 aromatic heterocycles. The quantitative estimate of drug-likeness (QED) is 0.888. The monoisotopic (exact) mass is 242 g/mol. The molecule has 1 aromatic carbocycles. The summed E-state index contributed by atoms with van der Waals surface area (Å²) in [5, 5.41) is 3.05. The van der Waals surface area contributed by atoms with Gasteiger partial charge in [-0.2, -0.15) is 0 Å². The van der Waals surface area contributed by atoms with Crippen LogP contribution in [0.5, 0.6) is 11.5 Å². The molecule has 18 heavy (non-hydrogen) atoms. The Bertz CT molecular complexity index is 564. The van der Waals surface area contributed by atoms with Crippen molar-refractivity contribution in [1.29, 1.82) is 0 Å². The molecule has 0 atom stereocenters. The average molecular weight is 242 g/mol. The van der Waals surface area contributed by atoms with E-state index in [1.807, 2.05) is 19.2 Å². The molecule has 0 unspecified atom stereocenters. The molecule has 0 saturated heterocycles. The Morgan fingerprint density at radius 2 is 1.83 bits per heavy atom. The fraction of sp³-hybridized carbons (Fsp3) is 0.267. The highest BCUT2D eigenvalue weighted by Gasteiger charge is 2.06. The number of aryl methyl sites for hydroxylation is 2. The first-order valence-electron chi connectivity index (χ1n) is 5.98. The van der Waals surface area contributed by atoms with Gasteiger partial charge in [0.1, 0.15) is 11.5 Å². The van der Waals surface area contributed by atoms with Crippen LogP contribution >= 0.6 is 0 Å².